The first kappa shape index (κ1) is 23.5. The van der Waals surface area contributed by atoms with Crippen molar-refractivity contribution in [2.24, 2.45) is 5.92 Å². The van der Waals surface area contributed by atoms with Crippen LogP contribution in [0.4, 0.5) is 8.78 Å². The number of allylic oxidation sites excluding steroid dienone is 3. The van der Waals surface area contributed by atoms with Gasteiger partial charge in [0, 0.05) is 54.5 Å². The Morgan fingerprint density at radius 3 is 2.66 bits per heavy atom. The number of benzene rings is 1. The zero-order chi connectivity index (χ0) is 23.3. The summed E-state index contributed by atoms with van der Waals surface area (Å²) in [6, 6.07) is 8.57. The number of aromatic amines is 1. The van der Waals surface area contributed by atoms with Gasteiger partial charge in [-0.2, -0.15) is 8.78 Å². The lowest BCUT2D eigenvalue weighted by molar-refractivity contribution is -0.128. The molecule has 1 saturated heterocycles. The lowest BCUT2D eigenvalue weighted by Crippen LogP contribution is -2.24. The van der Waals surface area contributed by atoms with Crippen LogP contribution in [0, 0.1) is 5.92 Å². The number of hydrogen-bond acceptors (Lipinski definition) is 3. The number of ether oxygens (including phenoxy) is 1. The maximum absolute atomic E-state index is 12.8. The average molecular weight is 461 g/mol. The first-order valence-electron chi connectivity index (χ1n) is 10.00. The maximum atomic E-state index is 12.8. The molecule has 1 aliphatic rings. The minimum Gasteiger partial charge on any atom is -0.435 e. The summed E-state index contributed by atoms with van der Waals surface area (Å²) in [5.41, 5.74) is 1.76. The van der Waals surface area contributed by atoms with Crippen LogP contribution in [-0.4, -0.2) is 28.9 Å². The SMILES string of the molecule is C=C(/C(=C\C(=C/C)OC(F)F)c1c[nH]ccc1=O)C1CC(=O)N(Cc2ccc(Cl)cc2)C1. The number of likely N-dealkylation sites (tertiary alicyclic amines) is 1. The molecule has 1 N–H and O–H groups in total. The molecule has 1 fully saturated rings. The van der Waals surface area contributed by atoms with E-state index < -0.39 is 6.61 Å². The smallest absolute Gasteiger partial charge is 0.387 e. The van der Waals surface area contributed by atoms with Crippen LogP contribution >= 0.6 is 11.6 Å². The fraction of sp³-hybridized carbons (Fsp3) is 0.250. The summed E-state index contributed by atoms with van der Waals surface area (Å²) in [6.45, 7) is 3.47. The van der Waals surface area contributed by atoms with Gasteiger partial charge in [-0.3, -0.25) is 9.59 Å². The molecule has 1 aliphatic heterocycles. The topological polar surface area (TPSA) is 62.4 Å². The van der Waals surface area contributed by atoms with Gasteiger partial charge in [0.2, 0.25) is 5.91 Å². The summed E-state index contributed by atoms with van der Waals surface area (Å²) >= 11 is 5.92. The molecule has 0 saturated carbocycles. The van der Waals surface area contributed by atoms with Crippen LogP contribution < -0.4 is 5.43 Å². The van der Waals surface area contributed by atoms with Gasteiger partial charge in [0.15, 0.2) is 5.43 Å². The molecule has 0 bridgehead atoms. The second kappa shape index (κ2) is 10.4. The summed E-state index contributed by atoms with van der Waals surface area (Å²) in [6.07, 6.45) is 5.91. The quantitative estimate of drug-likeness (QED) is 0.437. The summed E-state index contributed by atoms with van der Waals surface area (Å²) in [7, 11) is 0. The monoisotopic (exact) mass is 460 g/mol. The van der Waals surface area contributed by atoms with E-state index in [-0.39, 0.29) is 35.0 Å². The van der Waals surface area contributed by atoms with Crippen LogP contribution in [0.5, 0.6) is 0 Å². The number of aromatic nitrogens is 1. The van der Waals surface area contributed by atoms with Crippen molar-refractivity contribution in [3.8, 4) is 0 Å². The number of carbonyl (C=O) groups excluding carboxylic acids is 1. The van der Waals surface area contributed by atoms with Gasteiger partial charge in [-0.15, -0.1) is 0 Å². The van der Waals surface area contributed by atoms with Crippen LogP contribution in [0.2, 0.25) is 5.02 Å². The largest absolute Gasteiger partial charge is 0.435 e. The number of rotatable bonds is 8. The molecular formula is C24H23ClF2N2O3. The van der Waals surface area contributed by atoms with E-state index >= 15 is 0 Å². The number of nitrogens with zero attached hydrogens (tertiary/aromatic N) is 1. The van der Waals surface area contributed by atoms with Crippen molar-refractivity contribution < 1.29 is 18.3 Å². The van der Waals surface area contributed by atoms with E-state index in [4.69, 9.17) is 11.6 Å². The predicted molar refractivity (Wildman–Crippen MR) is 120 cm³/mol. The summed E-state index contributed by atoms with van der Waals surface area (Å²) in [5.74, 6) is -0.436. The van der Waals surface area contributed by atoms with Crippen molar-refractivity contribution in [3.63, 3.8) is 0 Å². The molecule has 8 heteroatoms. The standard InChI is InChI=1S/C24H23ClF2N2O3/c1-3-19(32-24(26)27)11-20(21-12-28-9-8-22(21)30)15(2)17-10-23(31)29(14-17)13-16-4-6-18(25)7-5-16/h3-9,11-12,17,24H,2,10,13-14H2,1H3,(H,28,30)/b19-3+,20-11+. The van der Waals surface area contributed by atoms with Gasteiger partial charge < -0.3 is 14.6 Å². The average Bonchev–Trinajstić information content (AvgIpc) is 3.13. The lowest BCUT2D eigenvalue weighted by Gasteiger charge is -2.20. The zero-order valence-corrected chi connectivity index (χ0v) is 18.2. The highest BCUT2D eigenvalue weighted by Crippen LogP contribution is 2.34. The Labute approximate surface area is 189 Å². The number of H-pyrrole nitrogens is 1. The molecule has 1 atom stereocenters. The van der Waals surface area contributed by atoms with E-state index in [9.17, 15) is 18.4 Å². The minimum absolute atomic E-state index is 0.0532. The molecule has 32 heavy (non-hydrogen) atoms. The van der Waals surface area contributed by atoms with E-state index in [2.05, 4.69) is 16.3 Å². The molecule has 3 rings (SSSR count). The summed E-state index contributed by atoms with van der Waals surface area (Å²) in [4.78, 5) is 29.7. The Hall–Kier alpha value is -3.19. The van der Waals surface area contributed by atoms with E-state index in [1.165, 1.54) is 30.6 Å². The molecule has 2 aromatic rings. The summed E-state index contributed by atoms with van der Waals surface area (Å²) in [5, 5.41) is 0.612. The van der Waals surface area contributed by atoms with Crippen LogP contribution in [-0.2, 0) is 16.1 Å². The number of amides is 1. The van der Waals surface area contributed by atoms with E-state index in [0.29, 0.717) is 29.3 Å². The molecule has 1 aromatic heterocycles. The van der Waals surface area contributed by atoms with Crippen LogP contribution in [0.25, 0.3) is 5.57 Å². The van der Waals surface area contributed by atoms with Crippen molar-refractivity contribution in [2.75, 3.05) is 6.54 Å². The van der Waals surface area contributed by atoms with Gasteiger partial charge in [0.05, 0.1) is 0 Å². The molecule has 1 aromatic carbocycles. The van der Waals surface area contributed by atoms with Gasteiger partial charge in [0.1, 0.15) is 5.76 Å². The maximum Gasteiger partial charge on any atom is 0.387 e. The normalized spacial score (nSPS) is 17.2. The van der Waals surface area contributed by atoms with E-state index in [1.54, 1.807) is 24.0 Å². The lowest BCUT2D eigenvalue weighted by atomic mass is 9.88. The predicted octanol–water partition coefficient (Wildman–Crippen LogP) is 5.16. The van der Waals surface area contributed by atoms with Crippen molar-refractivity contribution in [2.45, 2.75) is 26.5 Å². The Bertz CT molecular complexity index is 1110. The number of carbonyl (C=O) groups is 1. The second-order valence-electron chi connectivity index (χ2n) is 7.38. The van der Waals surface area contributed by atoms with Gasteiger partial charge in [-0.25, -0.2) is 0 Å². The highest BCUT2D eigenvalue weighted by atomic mass is 35.5. The van der Waals surface area contributed by atoms with Gasteiger partial charge >= 0.3 is 6.61 Å². The Kier molecular flexibility index (Phi) is 7.64. The number of halogens is 3. The molecule has 0 aliphatic carbocycles. The Morgan fingerprint density at radius 2 is 2.03 bits per heavy atom. The number of nitrogens with one attached hydrogen (secondary N) is 1. The first-order chi connectivity index (χ1) is 15.3. The molecular weight excluding hydrogens is 438 g/mol. The van der Waals surface area contributed by atoms with Crippen molar-refractivity contribution in [3.05, 3.63) is 99.2 Å². The number of pyridine rings is 1. The third-order valence-electron chi connectivity index (χ3n) is 5.25. The Morgan fingerprint density at radius 1 is 1.31 bits per heavy atom. The van der Waals surface area contributed by atoms with Crippen molar-refractivity contribution in [1.82, 2.24) is 9.88 Å². The third kappa shape index (κ3) is 5.73. The van der Waals surface area contributed by atoms with Gasteiger partial charge in [0.25, 0.3) is 0 Å². The highest BCUT2D eigenvalue weighted by molar-refractivity contribution is 6.30. The van der Waals surface area contributed by atoms with E-state index in [1.807, 2.05) is 12.1 Å². The first-order valence-corrected chi connectivity index (χ1v) is 10.4. The molecule has 0 radical (unpaired) electrons. The van der Waals surface area contributed by atoms with Gasteiger partial charge in [-0.1, -0.05) is 30.3 Å². The molecule has 5 nitrogen and oxygen atoms in total. The fourth-order valence-electron chi connectivity index (χ4n) is 3.59. The third-order valence-corrected chi connectivity index (χ3v) is 5.50. The van der Waals surface area contributed by atoms with Crippen molar-refractivity contribution >= 4 is 23.1 Å². The second-order valence-corrected chi connectivity index (χ2v) is 7.81. The van der Waals surface area contributed by atoms with E-state index in [0.717, 1.165) is 5.56 Å². The fourth-order valence-corrected chi connectivity index (χ4v) is 3.72. The van der Waals surface area contributed by atoms with Crippen LogP contribution in [0.15, 0.2) is 77.6 Å². The van der Waals surface area contributed by atoms with Crippen LogP contribution in [0.3, 0.4) is 0 Å². The number of alkyl halides is 2. The minimum atomic E-state index is -3.01. The number of hydrogen-bond donors (Lipinski definition) is 1. The molecule has 1 amide bonds. The van der Waals surface area contributed by atoms with Crippen molar-refractivity contribution in [1.29, 1.82) is 0 Å². The molecule has 1 unspecified atom stereocenters. The summed E-state index contributed by atoms with van der Waals surface area (Å²) < 4.78 is 30.1. The Balaban J connectivity index is 1.88. The molecule has 168 valence electrons. The molecule has 0 spiro atoms. The van der Waals surface area contributed by atoms with Crippen LogP contribution in [0.1, 0.15) is 24.5 Å². The molecule has 2 heterocycles. The van der Waals surface area contributed by atoms with Gasteiger partial charge in [-0.05, 0) is 47.9 Å². The zero-order valence-electron chi connectivity index (χ0n) is 17.5. The highest BCUT2D eigenvalue weighted by Gasteiger charge is 2.33.